The SMILES string of the molecule is CCOC(=O)Cc1ccc(N2C(=O)C(=O)/C(=C(/O)c3cc(OCC)ccc3Cl)C2c2ccc(O)cc2)cc1. The van der Waals surface area contributed by atoms with Crippen LogP contribution >= 0.6 is 11.6 Å². The summed E-state index contributed by atoms with van der Waals surface area (Å²) in [5.41, 5.74) is 1.52. The van der Waals surface area contributed by atoms with Gasteiger partial charge in [-0.05, 0) is 67.4 Å². The van der Waals surface area contributed by atoms with E-state index in [0.717, 1.165) is 0 Å². The number of hydrogen-bond acceptors (Lipinski definition) is 7. The monoisotopic (exact) mass is 535 g/mol. The van der Waals surface area contributed by atoms with Gasteiger partial charge in [0.15, 0.2) is 0 Å². The van der Waals surface area contributed by atoms with Crippen molar-refractivity contribution in [3.8, 4) is 11.5 Å². The number of carbonyl (C=O) groups is 3. The standard InChI is InChI=1S/C29H26ClNO7/c1-3-37-21-13-14-23(30)22(16-21)27(34)25-26(18-7-11-20(32)12-8-18)31(29(36)28(25)35)19-9-5-17(6-10-19)15-24(33)38-4-2/h5-14,16,26,32,34H,3-4,15H2,1-2H3/b27-25+. The molecule has 0 aromatic heterocycles. The zero-order chi connectivity index (χ0) is 27.4. The summed E-state index contributed by atoms with van der Waals surface area (Å²) in [6.45, 7) is 4.18. The number of aliphatic hydroxyl groups is 1. The zero-order valence-electron chi connectivity index (χ0n) is 20.8. The number of ether oxygens (including phenoxy) is 2. The highest BCUT2D eigenvalue weighted by atomic mass is 35.5. The maximum Gasteiger partial charge on any atom is 0.310 e. The van der Waals surface area contributed by atoms with Gasteiger partial charge < -0.3 is 19.7 Å². The van der Waals surface area contributed by atoms with Crippen LogP contribution in [0.2, 0.25) is 5.02 Å². The van der Waals surface area contributed by atoms with E-state index in [1.165, 1.54) is 29.2 Å². The second-order valence-electron chi connectivity index (χ2n) is 8.48. The van der Waals surface area contributed by atoms with Crippen LogP contribution in [0.5, 0.6) is 11.5 Å². The fraction of sp³-hybridized carbons (Fsp3) is 0.207. The van der Waals surface area contributed by atoms with Crippen molar-refractivity contribution in [3.63, 3.8) is 0 Å². The second-order valence-corrected chi connectivity index (χ2v) is 8.89. The van der Waals surface area contributed by atoms with Crippen LogP contribution in [0.15, 0.2) is 72.3 Å². The maximum atomic E-state index is 13.4. The molecule has 0 saturated carbocycles. The van der Waals surface area contributed by atoms with Crippen LogP contribution in [0.4, 0.5) is 5.69 Å². The Balaban J connectivity index is 1.83. The predicted molar refractivity (Wildman–Crippen MR) is 142 cm³/mol. The average molecular weight is 536 g/mol. The third kappa shape index (κ3) is 5.35. The molecule has 8 nitrogen and oxygen atoms in total. The molecule has 3 aromatic carbocycles. The molecule has 196 valence electrons. The van der Waals surface area contributed by atoms with Crippen LogP contribution in [-0.4, -0.2) is 41.1 Å². The van der Waals surface area contributed by atoms with E-state index in [4.69, 9.17) is 21.1 Å². The molecule has 0 radical (unpaired) electrons. The molecule has 1 fully saturated rings. The van der Waals surface area contributed by atoms with Gasteiger partial charge in [0.2, 0.25) is 0 Å². The van der Waals surface area contributed by atoms with Gasteiger partial charge in [0.25, 0.3) is 11.7 Å². The number of aromatic hydroxyl groups is 1. The third-order valence-corrected chi connectivity index (χ3v) is 6.36. The molecule has 1 aliphatic heterocycles. The van der Waals surface area contributed by atoms with E-state index < -0.39 is 23.5 Å². The minimum Gasteiger partial charge on any atom is -0.508 e. The Morgan fingerprint density at radius 3 is 2.29 bits per heavy atom. The van der Waals surface area contributed by atoms with Crippen molar-refractivity contribution < 1.29 is 34.1 Å². The van der Waals surface area contributed by atoms with Gasteiger partial charge in [-0.2, -0.15) is 0 Å². The molecule has 9 heteroatoms. The number of phenols is 1. The molecule has 3 aromatic rings. The van der Waals surface area contributed by atoms with Crippen molar-refractivity contribution in [1.29, 1.82) is 0 Å². The molecular weight excluding hydrogens is 510 g/mol. The van der Waals surface area contributed by atoms with E-state index in [9.17, 15) is 24.6 Å². The van der Waals surface area contributed by atoms with Crippen LogP contribution in [0.3, 0.4) is 0 Å². The number of rotatable bonds is 8. The largest absolute Gasteiger partial charge is 0.508 e. The number of hydrogen-bond donors (Lipinski definition) is 2. The number of anilines is 1. The number of aliphatic hydroxyl groups excluding tert-OH is 1. The Morgan fingerprint density at radius 2 is 1.66 bits per heavy atom. The molecule has 2 N–H and O–H groups in total. The van der Waals surface area contributed by atoms with Gasteiger partial charge in [0.05, 0.1) is 36.3 Å². The van der Waals surface area contributed by atoms with Gasteiger partial charge in [-0.15, -0.1) is 0 Å². The van der Waals surface area contributed by atoms with Crippen molar-refractivity contribution in [2.24, 2.45) is 0 Å². The first-order valence-electron chi connectivity index (χ1n) is 12.0. The smallest absolute Gasteiger partial charge is 0.310 e. The Bertz CT molecular complexity index is 1400. The molecule has 1 saturated heterocycles. The number of ketones is 1. The van der Waals surface area contributed by atoms with Gasteiger partial charge >= 0.3 is 5.97 Å². The lowest BCUT2D eigenvalue weighted by atomic mass is 9.95. The predicted octanol–water partition coefficient (Wildman–Crippen LogP) is 5.18. The number of benzene rings is 3. The van der Waals surface area contributed by atoms with E-state index in [1.54, 1.807) is 49.4 Å². The highest BCUT2D eigenvalue weighted by molar-refractivity contribution is 6.52. The Morgan fingerprint density at radius 1 is 0.974 bits per heavy atom. The van der Waals surface area contributed by atoms with Crippen LogP contribution < -0.4 is 9.64 Å². The lowest BCUT2D eigenvalue weighted by Crippen LogP contribution is -2.29. The summed E-state index contributed by atoms with van der Waals surface area (Å²) in [4.78, 5) is 39.8. The number of phenolic OH excluding ortho intramolecular Hbond substituents is 1. The van der Waals surface area contributed by atoms with Crippen LogP contribution in [-0.2, 0) is 25.5 Å². The molecular formula is C29H26ClNO7. The van der Waals surface area contributed by atoms with Crippen LogP contribution in [0.1, 0.15) is 36.6 Å². The first kappa shape index (κ1) is 26.8. The third-order valence-electron chi connectivity index (χ3n) is 6.03. The number of Topliss-reactive ketones (excluding diaryl/α,β-unsaturated/α-hetero) is 1. The Hall–Kier alpha value is -4.30. The van der Waals surface area contributed by atoms with E-state index in [0.29, 0.717) is 29.2 Å². The van der Waals surface area contributed by atoms with Crippen LogP contribution in [0.25, 0.3) is 5.76 Å². The number of halogens is 1. The molecule has 1 aliphatic rings. The maximum absolute atomic E-state index is 13.4. The molecule has 0 spiro atoms. The van der Waals surface area contributed by atoms with E-state index in [1.807, 2.05) is 6.92 Å². The van der Waals surface area contributed by atoms with Gasteiger partial charge in [-0.1, -0.05) is 35.9 Å². The lowest BCUT2D eigenvalue weighted by molar-refractivity contribution is -0.142. The number of amides is 1. The van der Waals surface area contributed by atoms with Gasteiger partial charge in [-0.25, -0.2) is 0 Å². The quantitative estimate of drug-likeness (QED) is 0.177. The lowest BCUT2D eigenvalue weighted by Gasteiger charge is -2.25. The first-order chi connectivity index (χ1) is 18.2. The molecule has 1 heterocycles. The molecule has 0 aliphatic carbocycles. The summed E-state index contributed by atoms with van der Waals surface area (Å²) < 4.78 is 10.5. The molecule has 38 heavy (non-hydrogen) atoms. The highest BCUT2D eigenvalue weighted by Crippen LogP contribution is 2.43. The highest BCUT2D eigenvalue weighted by Gasteiger charge is 2.47. The molecule has 1 atom stereocenters. The first-order valence-corrected chi connectivity index (χ1v) is 12.4. The van der Waals surface area contributed by atoms with Gasteiger partial charge in [0, 0.05) is 11.3 Å². The Kier molecular flexibility index (Phi) is 8.02. The fourth-order valence-electron chi connectivity index (χ4n) is 4.31. The molecule has 1 amide bonds. The summed E-state index contributed by atoms with van der Waals surface area (Å²) in [6.07, 6.45) is 0.0585. The summed E-state index contributed by atoms with van der Waals surface area (Å²) >= 11 is 6.37. The topological polar surface area (TPSA) is 113 Å². The summed E-state index contributed by atoms with van der Waals surface area (Å²) in [6, 6.07) is 16.2. The summed E-state index contributed by atoms with van der Waals surface area (Å²) in [5.74, 6) is -2.13. The molecule has 4 rings (SSSR count). The van der Waals surface area contributed by atoms with E-state index >= 15 is 0 Å². The van der Waals surface area contributed by atoms with Gasteiger partial charge in [-0.3, -0.25) is 19.3 Å². The minimum absolute atomic E-state index is 0.00137. The van der Waals surface area contributed by atoms with E-state index in [2.05, 4.69) is 0 Å². The summed E-state index contributed by atoms with van der Waals surface area (Å²) in [7, 11) is 0. The zero-order valence-corrected chi connectivity index (χ0v) is 21.6. The van der Waals surface area contributed by atoms with Crippen LogP contribution in [0, 0.1) is 0 Å². The van der Waals surface area contributed by atoms with Crippen molar-refractivity contribution in [2.45, 2.75) is 26.3 Å². The second kappa shape index (κ2) is 11.4. The van der Waals surface area contributed by atoms with E-state index in [-0.39, 0.29) is 40.9 Å². The molecule has 0 bridgehead atoms. The van der Waals surface area contributed by atoms with Crippen molar-refractivity contribution in [1.82, 2.24) is 0 Å². The van der Waals surface area contributed by atoms with Crippen molar-refractivity contribution in [3.05, 3.63) is 94.0 Å². The summed E-state index contributed by atoms with van der Waals surface area (Å²) in [5, 5.41) is 21.4. The fourth-order valence-corrected chi connectivity index (χ4v) is 4.52. The van der Waals surface area contributed by atoms with Gasteiger partial charge in [0.1, 0.15) is 17.3 Å². The average Bonchev–Trinajstić information content (AvgIpc) is 3.16. The normalized spacial score (nSPS) is 16.5. The minimum atomic E-state index is -1.02. The number of nitrogens with zero attached hydrogens (tertiary/aromatic N) is 1. The number of esters is 1. The number of carbonyl (C=O) groups excluding carboxylic acids is 3. The van der Waals surface area contributed by atoms with Crippen molar-refractivity contribution in [2.75, 3.05) is 18.1 Å². The Labute approximate surface area is 224 Å². The van der Waals surface area contributed by atoms with Crippen molar-refractivity contribution >= 4 is 40.7 Å². The molecule has 1 unspecified atom stereocenters.